The third-order valence-electron chi connectivity index (χ3n) is 4.93. The second-order valence-electron chi connectivity index (χ2n) is 6.66. The second-order valence-corrected chi connectivity index (χ2v) is 6.66. The van der Waals surface area contributed by atoms with Crippen LogP contribution in [0.3, 0.4) is 0 Å². The van der Waals surface area contributed by atoms with Gasteiger partial charge in [0.2, 0.25) is 0 Å². The zero-order valence-corrected chi connectivity index (χ0v) is 13.3. The average Bonchev–Trinajstić information content (AvgIpc) is 2.79. The highest BCUT2D eigenvalue weighted by Crippen LogP contribution is 2.37. The topological polar surface area (TPSA) is 15.3 Å². The van der Waals surface area contributed by atoms with Crippen LogP contribution in [0.25, 0.3) is 0 Å². The van der Waals surface area contributed by atoms with Gasteiger partial charge in [0.1, 0.15) is 0 Å². The van der Waals surface area contributed by atoms with Crippen LogP contribution in [0.15, 0.2) is 0 Å². The SMILES string of the molecule is CCC1(CC)CCN(C(C)CNCCC(C)C)C1. The monoisotopic (exact) mass is 254 g/mol. The average molecular weight is 254 g/mol. The highest BCUT2D eigenvalue weighted by Gasteiger charge is 2.36. The summed E-state index contributed by atoms with van der Waals surface area (Å²) < 4.78 is 0. The van der Waals surface area contributed by atoms with Crippen LogP contribution in [0.4, 0.5) is 0 Å². The first-order valence-electron chi connectivity index (χ1n) is 7.97. The molecule has 0 saturated carbocycles. The van der Waals surface area contributed by atoms with Crippen LogP contribution >= 0.6 is 0 Å². The molecule has 1 saturated heterocycles. The summed E-state index contributed by atoms with van der Waals surface area (Å²) in [6, 6.07) is 0.692. The van der Waals surface area contributed by atoms with Gasteiger partial charge >= 0.3 is 0 Å². The maximum absolute atomic E-state index is 3.62. The molecule has 1 N–H and O–H groups in total. The van der Waals surface area contributed by atoms with Crippen molar-refractivity contribution in [2.24, 2.45) is 11.3 Å². The van der Waals surface area contributed by atoms with Crippen molar-refractivity contribution in [2.75, 3.05) is 26.2 Å². The summed E-state index contributed by atoms with van der Waals surface area (Å²) in [5.74, 6) is 0.812. The van der Waals surface area contributed by atoms with Crippen molar-refractivity contribution in [2.45, 2.75) is 66.3 Å². The number of likely N-dealkylation sites (tertiary alicyclic amines) is 1. The molecular weight excluding hydrogens is 220 g/mol. The standard InChI is InChI=1S/C16H34N2/c1-6-16(7-2)9-11-18(13-16)15(5)12-17-10-8-14(3)4/h14-15,17H,6-13H2,1-5H3. The third-order valence-corrected chi connectivity index (χ3v) is 4.93. The molecule has 108 valence electrons. The molecule has 1 fully saturated rings. The van der Waals surface area contributed by atoms with E-state index < -0.39 is 0 Å². The summed E-state index contributed by atoms with van der Waals surface area (Å²) in [5.41, 5.74) is 0.617. The zero-order valence-electron chi connectivity index (χ0n) is 13.3. The molecule has 1 aliphatic heterocycles. The van der Waals surface area contributed by atoms with Gasteiger partial charge < -0.3 is 5.32 Å². The van der Waals surface area contributed by atoms with Crippen LogP contribution in [-0.2, 0) is 0 Å². The van der Waals surface area contributed by atoms with Crippen molar-refractivity contribution in [3.05, 3.63) is 0 Å². The Morgan fingerprint density at radius 1 is 1.17 bits per heavy atom. The Hall–Kier alpha value is -0.0800. The molecule has 18 heavy (non-hydrogen) atoms. The van der Waals surface area contributed by atoms with Crippen molar-refractivity contribution in [1.29, 1.82) is 0 Å². The lowest BCUT2D eigenvalue weighted by Gasteiger charge is -2.29. The van der Waals surface area contributed by atoms with Crippen molar-refractivity contribution < 1.29 is 0 Å². The van der Waals surface area contributed by atoms with Gasteiger partial charge in [0.15, 0.2) is 0 Å². The van der Waals surface area contributed by atoms with Crippen LogP contribution in [0.2, 0.25) is 0 Å². The number of nitrogens with one attached hydrogen (secondary N) is 1. The van der Waals surface area contributed by atoms with E-state index in [1.807, 2.05) is 0 Å². The smallest absolute Gasteiger partial charge is 0.0192 e. The summed E-state index contributed by atoms with van der Waals surface area (Å²) in [6.45, 7) is 16.6. The zero-order chi connectivity index (χ0) is 13.6. The first-order chi connectivity index (χ1) is 8.53. The summed E-state index contributed by atoms with van der Waals surface area (Å²) in [4.78, 5) is 2.69. The van der Waals surface area contributed by atoms with E-state index in [0.29, 0.717) is 11.5 Å². The molecule has 0 amide bonds. The van der Waals surface area contributed by atoms with E-state index >= 15 is 0 Å². The van der Waals surface area contributed by atoms with Gasteiger partial charge in [-0.25, -0.2) is 0 Å². The molecule has 1 aliphatic rings. The molecule has 2 nitrogen and oxygen atoms in total. The van der Waals surface area contributed by atoms with Crippen molar-refractivity contribution in [1.82, 2.24) is 10.2 Å². The molecule has 0 bridgehead atoms. The van der Waals surface area contributed by atoms with Gasteiger partial charge in [0.05, 0.1) is 0 Å². The van der Waals surface area contributed by atoms with E-state index in [9.17, 15) is 0 Å². The van der Waals surface area contributed by atoms with Gasteiger partial charge in [0.25, 0.3) is 0 Å². The Morgan fingerprint density at radius 2 is 1.83 bits per heavy atom. The van der Waals surface area contributed by atoms with Crippen LogP contribution in [0.5, 0.6) is 0 Å². The molecular formula is C16H34N2. The van der Waals surface area contributed by atoms with Crippen molar-refractivity contribution in [3.8, 4) is 0 Å². The van der Waals surface area contributed by atoms with Crippen molar-refractivity contribution >= 4 is 0 Å². The minimum atomic E-state index is 0.617. The lowest BCUT2D eigenvalue weighted by atomic mass is 9.82. The number of hydrogen-bond donors (Lipinski definition) is 1. The summed E-state index contributed by atoms with van der Waals surface area (Å²) >= 11 is 0. The lowest BCUT2D eigenvalue weighted by molar-refractivity contribution is 0.199. The van der Waals surface area contributed by atoms with Crippen LogP contribution in [0.1, 0.15) is 60.3 Å². The molecule has 2 heteroatoms. The quantitative estimate of drug-likeness (QED) is 0.667. The molecule has 0 radical (unpaired) electrons. The summed E-state index contributed by atoms with van der Waals surface area (Å²) in [6.07, 6.45) is 5.37. The Bertz CT molecular complexity index is 221. The van der Waals surface area contributed by atoms with E-state index in [1.165, 1.54) is 45.3 Å². The fourth-order valence-corrected chi connectivity index (χ4v) is 3.00. The first kappa shape index (κ1) is 16.0. The van der Waals surface area contributed by atoms with E-state index in [1.54, 1.807) is 0 Å². The van der Waals surface area contributed by atoms with Gasteiger partial charge in [-0.2, -0.15) is 0 Å². The molecule has 1 heterocycles. The van der Waals surface area contributed by atoms with Crippen LogP contribution in [0, 0.1) is 11.3 Å². The van der Waals surface area contributed by atoms with Gasteiger partial charge in [-0.15, -0.1) is 0 Å². The van der Waals surface area contributed by atoms with Crippen molar-refractivity contribution in [3.63, 3.8) is 0 Å². The predicted molar refractivity (Wildman–Crippen MR) is 81.0 cm³/mol. The summed E-state index contributed by atoms with van der Waals surface area (Å²) in [7, 11) is 0. The van der Waals surface area contributed by atoms with Gasteiger partial charge in [-0.05, 0) is 57.0 Å². The van der Waals surface area contributed by atoms with E-state index in [4.69, 9.17) is 0 Å². The Balaban J connectivity index is 2.25. The highest BCUT2D eigenvalue weighted by atomic mass is 15.2. The van der Waals surface area contributed by atoms with Crippen LogP contribution < -0.4 is 5.32 Å². The number of rotatable bonds is 8. The fourth-order valence-electron chi connectivity index (χ4n) is 3.00. The first-order valence-corrected chi connectivity index (χ1v) is 7.97. The number of hydrogen-bond acceptors (Lipinski definition) is 2. The fraction of sp³-hybridized carbons (Fsp3) is 1.00. The minimum Gasteiger partial charge on any atom is -0.315 e. The minimum absolute atomic E-state index is 0.617. The van der Waals surface area contributed by atoms with E-state index in [-0.39, 0.29) is 0 Å². The molecule has 0 aliphatic carbocycles. The molecule has 0 aromatic rings. The summed E-state index contributed by atoms with van der Waals surface area (Å²) in [5, 5.41) is 3.62. The normalized spacial score (nSPS) is 21.7. The van der Waals surface area contributed by atoms with Gasteiger partial charge in [-0.3, -0.25) is 4.90 Å². The molecule has 0 spiro atoms. The predicted octanol–water partition coefficient (Wildman–Crippen LogP) is 3.52. The molecule has 0 aromatic heterocycles. The third kappa shape index (κ3) is 4.55. The lowest BCUT2D eigenvalue weighted by Crippen LogP contribution is -2.40. The maximum Gasteiger partial charge on any atom is 0.0192 e. The second kappa shape index (κ2) is 7.49. The molecule has 1 atom stereocenters. The van der Waals surface area contributed by atoms with Gasteiger partial charge in [-0.1, -0.05) is 27.7 Å². The number of nitrogens with zero attached hydrogens (tertiary/aromatic N) is 1. The maximum atomic E-state index is 3.62. The molecule has 1 unspecified atom stereocenters. The van der Waals surface area contributed by atoms with E-state index in [0.717, 1.165) is 12.5 Å². The Kier molecular flexibility index (Phi) is 6.65. The molecule has 0 aromatic carbocycles. The Labute approximate surface area is 115 Å². The highest BCUT2D eigenvalue weighted by molar-refractivity contribution is 4.90. The van der Waals surface area contributed by atoms with Crippen LogP contribution in [-0.4, -0.2) is 37.1 Å². The Morgan fingerprint density at radius 3 is 2.33 bits per heavy atom. The van der Waals surface area contributed by atoms with E-state index in [2.05, 4.69) is 44.8 Å². The molecule has 1 rings (SSSR count). The largest absolute Gasteiger partial charge is 0.315 e. The van der Waals surface area contributed by atoms with Gasteiger partial charge in [0, 0.05) is 19.1 Å².